The monoisotopic (exact) mass is 378 g/mol. The summed E-state index contributed by atoms with van der Waals surface area (Å²) in [5.74, 6) is -0.216. The van der Waals surface area contributed by atoms with Gasteiger partial charge < -0.3 is 15.2 Å². The minimum absolute atomic E-state index is 0.430. The number of benzene rings is 3. The summed E-state index contributed by atoms with van der Waals surface area (Å²) in [5, 5.41) is 6.21. The van der Waals surface area contributed by atoms with Gasteiger partial charge in [0.1, 0.15) is 5.75 Å². The number of fused-ring (bicyclic) bond motifs is 1. The van der Waals surface area contributed by atoms with Crippen molar-refractivity contribution in [2.24, 2.45) is 0 Å². The van der Waals surface area contributed by atoms with Crippen molar-refractivity contribution in [1.82, 2.24) is 5.32 Å². The Bertz CT molecular complexity index is 1020. The molecule has 2 amide bonds. The van der Waals surface area contributed by atoms with Crippen LogP contribution < -0.4 is 20.5 Å². The van der Waals surface area contributed by atoms with Gasteiger partial charge in [-0.25, -0.2) is 4.79 Å². The third kappa shape index (κ3) is 3.34. The van der Waals surface area contributed by atoms with Gasteiger partial charge in [0.25, 0.3) is 0 Å². The van der Waals surface area contributed by atoms with Crippen molar-refractivity contribution in [2.75, 3.05) is 5.32 Å². The van der Waals surface area contributed by atoms with Gasteiger partial charge in [-0.1, -0.05) is 54.1 Å². The predicted molar refractivity (Wildman–Crippen MR) is 107 cm³/mol. The lowest BCUT2D eigenvalue weighted by Gasteiger charge is -2.21. The van der Waals surface area contributed by atoms with Gasteiger partial charge in [0.05, 0.1) is 5.30 Å². The predicted octanol–water partition coefficient (Wildman–Crippen LogP) is 4.81. The molecule has 2 atom stereocenters. The largest absolute Gasteiger partial charge is 0.438 e. The van der Waals surface area contributed by atoms with E-state index in [2.05, 4.69) is 10.6 Å². The van der Waals surface area contributed by atoms with Crippen molar-refractivity contribution in [3.8, 4) is 5.75 Å². The van der Waals surface area contributed by atoms with Gasteiger partial charge in [0.15, 0.2) is 5.78 Å². The Morgan fingerprint density at radius 1 is 0.926 bits per heavy atom. The first-order valence-electron chi connectivity index (χ1n) is 8.64. The summed E-state index contributed by atoms with van der Waals surface area (Å²) in [6.07, 6.45) is 0. The van der Waals surface area contributed by atoms with E-state index >= 15 is 0 Å². The molecule has 0 unspecified atom stereocenters. The lowest BCUT2D eigenvalue weighted by molar-refractivity contribution is 0.251. The number of hydrogen-bond donors (Lipinski definition) is 2. The molecule has 0 aliphatic carbocycles. The Morgan fingerprint density at radius 2 is 1.59 bits per heavy atom. The molecular formula is C21H19N2O3P. The average molecular weight is 378 g/mol. The maximum absolute atomic E-state index is 13.8. The number of carbonyl (C=O) groups excluding carboxylic acids is 1. The van der Waals surface area contributed by atoms with Gasteiger partial charge >= 0.3 is 13.4 Å². The number of nitrogens with one attached hydrogen (secondary N) is 2. The second kappa shape index (κ2) is 6.93. The van der Waals surface area contributed by atoms with Crippen molar-refractivity contribution >= 4 is 24.4 Å². The third-order valence-electron chi connectivity index (χ3n) is 4.48. The molecule has 1 aliphatic heterocycles. The van der Waals surface area contributed by atoms with E-state index < -0.39 is 19.2 Å². The van der Waals surface area contributed by atoms with E-state index in [-0.39, 0.29) is 0 Å². The molecule has 1 heterocycles. The third-order valence-corrected chi connectivity index (χ3v) is 7.05. The molecule has 3 aromatic carbocycles. The number of anilines is 1. The SMILES string of the molecule is Cc1ccc(NC(=O)N[C@H]2c3ccccc3O[P@]2(=O)c2ccccc2)cc1. The van der Waals surface area contributed by atoms with Crippen molar-refractivity contribution in [3.63, 3.8) is 0 Å². The molecule has 0 aromatic heterocycles. The lowest BCUT2D eigenvalue weighted by atomic mass is 10.2. The number of aryl methyl sites for hydroxylation is 1. The average Bonchev–Trinajstić information content (AvgIpc) is 2.97. The molecule has 136 valence electrons. The van der Waals surface area contributed by atoms with Crippen molar-refractivity contribution < 1.29 is 13.9 Å². The minimum Gasteiger partial charge on any atom is -0.438 e. The van der Waals surface area contributed by atoms with Gasteiger partial charge in [0, 0.05) is 11.3 Å². The van der Waals surface area contributed by atoms with Crippen molar-refractivity contribution in [1.29, 1.82) is 0 Å². The number of amides is 2. The number of carbonyl (C=O) groups is 1. The van der Waals surface area contributed by atoms with Crippen molar-refractivity contribution in [2.45, 2.75) is 12.7 Å². The van der Waals surface area contributed by atoms with Crippen molar-refractivity contribution in [3.05, 3.63) is 90.0 Å². The Balaban J connectivity index is 1.64. The first kappa shape index (κ1) is 17.4. The van der Waals surface area contributed by atoms with Gasteiger partial charge in [-0.05, 0) is 37.3 Å². The molecular weight excluding hydrogens is 359 g/mol. The quantitative estimate of drug-likeness (QED) is 0.643. The highest BCUT2D eigenvalue weighted by atomic mass is 31.2. The van der Waals surface area contributed by atoms with Crippen LogP contribution in [-0.4, -0.2) is 6.03 Å². The van der Waals surface area contributed by atoms with Gasteiger partial charge in [-0.3, -0.25) is 4.57 Å². The van der Waals surface area contributed by atoms with Crippen LogP contribution in [0.1, 0.15) is 16.9 Å². The van der Waals surface area contributed by atoms with Gasteiger partial charge in [0.2, 0.25) is 0 Å². The molecule has 0 saturated heterocycles. The molecule has 0 spiro atoms. The van der Waals surface area contributed by atoms with Crippen LogP contribution in [0.5, 0.6) is 5.75 Å². The molecule has 1 aliphatic rings. The summed E-state index contributed by atoms with van der Waals surface area (Å²) in [6, 6.07) is 23.3. The van der Waals surface area contributed by atoms with Crippen LogP contribution in [0.25, 0.3) is 0 Å². The maximum Gasteiger partial charge on any atom is 0.320 e. The zero-order chi connectivity index (χ0) is 18.9. The second-order valence-electron chi connectivity index (χ2n) is 6.43. The fourth-order valence-corrected chi connectivity index (χ4v) is 5.52. The van der Waals surface area contributed by atoms with Crippen LogP contribution in [-0.2, 0) is 4.57 Å². The molecule has 0 saturated carbocycles. The molecule has 2 N–H and O–H groups in total. The number of urea groups is 1. The standard InChI is InChI=1S/C21H19N2O3P/c1-15-11-13-16(14-12-15)22-21(24)23-20-18-9-5-6-10-19(18)26-27(20,25)17-7-3-2-4-8-17/h2-14,20H,1H3,(H2,22,23,24)/t20-,27-/m1/s1. The highest BCUT2D eigenvalue weighted by molar-refractivity contribution is 7.68. The number of para-hydroxylation sites is 1. The molecule has 0 bridgehead atoms. The Hall–Kier alpha value is -3.04. The van der Waals surface area contributed by atoms with E-state index in [0.29, 0.717) is 22.3 Å². The van der Waals surface area contributed by atoms with E-state index in [0.717, 1.165) is 5.56 Å². The summed E-state index contributed by atoms with van der Waals surface area (Å²) in [6.45, 7) is 1.98. The topological polar surface area (TPSA) is 67.4 Å². The molecule has 4 rings (SSSR count). The Kier molecular flexibility index (Phi) is 4.46. The van der Waals surface area contributed by atoms with Crippen LogP contribution in [0.4, 0.5) is 10.5 Å². The van der Waals surface area contributed by atoms with E-state index in [1.54, 1.807) is 18.2 Å². The normalized spacial score (nSPS) is 20.4. The zero-order valence-electron chi connectivity index (χ0n) is 14.8. The van der Waals surface area contributed by atoms with Crippen LogP contribution in [0, 0.1) is 6.92 Å². The fraction of sp³-hybridized carbons (Fsp3) is 0.0952. The summed E-state index contributed by atoms with van der Waals surface area (Å²) in [5.41, 5.74) is 2.48. The van der Waals surface area contributed by atoms with Crippen LogP contribution >= 0.6 is 7.37 Å². The van der Waals surface area contributed by atoms with Gasteiger partial charge in [-0.15, -0.1) is 0 Å². The van der Waals surface area contributed by atoms with Crippen LogP contribution in [0.15, 0.2) is 78.9 Å². The summed E-state index contributed by atoms with van der Waals surface area (Å²) < 4.78 is 19.6. The van der Waals surface area contributed by atoms with Gasteiger partial charge in [-0.2, -0.15) is 0 Å². The molecule has 5 nitrogen and oxygen atoms in total. The Labute approximate surface area is 157 Å². The summed E-state index contributed by atoms with van der Waals surface area (Å²) >= 11 is 0. The highest BCUT2D eigenvalue weighted by Crippen LogP contribution is 2.64. The second-order valence-corrected chi connectivity index (χ2v) is 8.84. The van der Waals surface area contributed by atoms with Crippen LogP contribution in [0.3, 0.4) is 0 Å². The van der Waals surface area contributed by atoms with E-state index in [9.17, 15) is 9.36 Å². The molecule has 3 aromatic rings. The van der Waals surface area contributed by atoms with Crippen LogP contribution in [0.2, 0.25) is 0 Å². The number of rotatable bonds is 3. The van der Waals surface area contributed by atoms with E-state index in [4.69, 9.17) is 4.52 Å². The van der Waals surface area contributed by atoms with E-state index in [1.807, 2.05) is 67.6 Å². The molecule has 0 fully saturated rings. The van der Waals surface area contributed by atoms with E-state index in [1.165, 1.54) is 0 Å². The molecule has 0 radical (unpaired) electrons. The molecule has 27 heavy (non-hydrogen) atoms. The zero-order valence-corrected chi connectivity index (χ0v) is 15.6. The highest BCUT2D eigenvalue weighted by Gasteiger charge is 2.46. The maximum atomic E-state index is 13.8. The molecule has 6 heteroatoms. The summed E-state index contributed by atoms with van der Waals surface area (Å²) in [4.78, 5) is 12.6. The first-order valence-corrected chi connectivity index (χ1v) is 10.3. The minimum atomic E-state index is -3.35. The fourth-order valence-electron chi connectivity index (χ4n) is 3.10. The lowest BCUT2D eigenvalue weighted by Crippen LogP contribution is -2.33. The number of hydrogen-bond acceptors (Lipinski definition) is 3. The first-order chi connectivity index (χ1) is 13.1. The smallest absolute Gasteiger partial charge is 0.320 e. The summed E-state index contributed by atoms with van der Waals surface area (Å²) in [7, 11) is -3.35. The Morgan fingerprint density at radius 3 is 2.33 bits per heavy atom.